The average Bonchev–Trinajstić information content (AvgIpc) is 3.10. The summed E-state index contributed by atoms with van der Waals surface area (Å²) in [6.07, 6.45) is 7.22. The van der Waals surface area contributed by atoms with Gasteiger partial charge in [0.05, 0.1) is 38.9 Å². The topological polar surface area (TPSA) is 146 Å². The lowest BCUT2D eigenvalue weighted by atomic mass is 10.1. The van der Waals surface area contributed by atoms with Crippen LogP contribution in [0.1, 0.15) is 0 Å². The van der Waals surface area contributed by atoms with Crippen LogP contribution in [0.4, 0.5) is 11.5 Å². The van der Waals surface area contributed by atoms with Crippen molar-refractivity contribution in [2.75, 3.05) is 38.1 Å². The molecule has 184 valence electrons. The number of nitrogens with one attached hydrogen (secondary N) is 1. The molecule has 12 nitrogen and oxygen atoms in total. The highest BCUT2D eigenvalue weighted by Gasteiger charge is 2.28. The Hall–Kier alpha value is -4.39. The van der Waals surface area contributed by atoms with E-state index in [0.717, 1.165) is 6.33 Å². The van der Waals surface area contributed by atoms with E-state index in [1.807, 2.05) is 0 Å². The average molecular weight is 503 g/mol. The predicted molar refractivity (Wildman–Crippen MR) is 124 cm³/mol. The predicted octanol–water partition coefficient (Wildman–Crippen LogP) is 1.78. The Bertz CT molecular complexity index is 1320. The van der Waals surface area contributed by atoms with Gasteiger partial charge in [-0.15, -0.1) is 0 Å². The second kappa shape index (κ2) is 10.7. The number of esters is 2. The van der Waals surface area contributed by atoms with Gasteiger partial charge in [0.15, 0.2) is 5.82 Å². The van der Waals surface area contributed by atoms with Gasteiger partial charge in [-0.3, -0.25) is 4.72 Å². The third kappa shape index (κ3) is 5.24. The lowest BCUT2D eigenvalue weighted by Crippen LogP contribution is -2.27. The molecule has 2 aromatic rings. The smallest absolute Gasteiger partial charge is 0.355 e. The van der Waals surface area contributed by atoms with Crippen LogP contribution in [0.25, 0.3) is 0 Å². The zero-order chi connectivity index (χ0) is 25.6. The molecule has 0 atom stereocenters. The highest BCUT2D eigenvalue weighted by Crippen LogP contribution is 2.33. The first-order valence-corrected chi connectivity index (χ1v) is 11.4. The largest absolute Gasteiger partial charge is 0.489 e. The molecule has 0 fully saturated rings. The van der Waals surface area contributed by atoms with Crippen molar-refractivity contribution in [2.45, 2.75) is 4.90 Å². The Morgan fingerprint density at radius 3 is 2.20 bits per heavy atom. The number of nitrogens with zero attached hydrogens (tertiary/aromatic N) is 3. The second-order valence-electron chi connectivity index (χ2n) is 6.68. The normalized spacial score (nSPS) is 13.2. The van der Waals surface area contributed by atoms with Crippen LogP contribution in [-0.4, -0.2) is 58.8 Å². The first-order chi connectivity index (χ1) is 16.8. The number of methoxy groups -OCH3 is 4. The van der Waals surface area contributed by atoms with Crippen molar-refractivity contribution in [1.29, 1.82) is 0 Å². The maximum Gasteiger partial charge on any atom is 0.355 e. The van der Waals surface area contributed by atoms with Gasteiger partial charge in [0, 0.05) is 11.9 Å². The third-order valence-corrected chi connectivity index (χ3v) is 6.07. The number of hydrogen-bond donors (Lipinski definition) is 1. The first-order valence-electron chi connectivity index (χ1n) is 9.88. The van der Waals surface area contributed by atoms with Gasteiger partial charge in [-0.25, -0.2) is 23.0 Å². The first kappa shape index (κ1) is 25.2. The summed E-state index contributed by atoms with van der Waals surface area (Å²) >= 11 is 0. The molecule has 1 aliphatic heterocycles. The highest BCUT2D eigenvalue weighted by atomic mass is 32.2. The number of rotatable bonds is 8. The van der Waals surface area contributed by atoms with E-state index in [1.54, 1.807) is 12.2 Å². The van der Waals surface area contributed by atoms with Crippen LogP contribution in [0, 0.1) is 0 Å². The van der Waals surface area contributed by atoms with Crippen molar-refractivity contribution in [1.82, 2.24) is 9.97 Å². The Balaban J connectivity index is 1.98. The fourth-order valence-electron chi connectivity index (χ4n) is 3.10. The number of sulfonamides is 1. The number of carbonyl (C=O) groups is 2. The molecule has 0 saturated heterocycles. The van der Waals surface area contributed by atoms with E-state index in [0.29, 0.717) is 5.69 Å². The van der Waals surface area contributed by atoms with E-state index in [2.05, 4.69) is 14.7 Å². The molecule has 35 heavy (non-hydrogen) atoms. The lowest BCUT2D eigenvalue weighted by Gasteiger charge is -2.23. The molecular weight excluding hydrogens is 480 g/mol. The van der Waals surface area contributed by atoms with E-state index >= 15 is 0 Å². The molecule has 1 aromatic heterocycles. The number of carbonyl (C=O) groups excluding carboxylic acids is 2. The van der Waals surface area contributed by atoms with E-state index in [4.69, 9.17) is 18.9 Å². The van der Waals surface area contributed by atoms with Gasteiger partial charge in [0.25, 0.3) is 15.9 Å². The Labute approximate surface area is 201 Å². The van der Waals surface area contributed by atoms with E-state index < -0.39 is 22.0 Å². The molecule has 0 amide bonds. The van der Waals surface area contributed by atoms with Crippen molar-refractivity contribution in [3.8, 4) is 11.6 Å². The molecule has 0 unspecified atom stereocenters. The molecule has 1 aliphatic rings. The van der Waals surface area contributed by atoms with Gasteiger partial charge in [0.1, 0.15) is 12.0 Å². The molecule has 3 rings (SSSR count). The minimum Gasteiger partial charge on any atom is -0.489 e. The van der Waals surface area contributed by atoms with Gasteiger partial charge < -0.3 is 23.8 Å². The van der Waals surface area contributed by atoms with Crippen LogP contribution in [-0.2, 0) is 29.1 Å². The fraction of sp³-hybridized carbons (Fsp3) is 0.182. The van der Waals surface area contributed by atoms with Crippen molar-refractivity contribution >= 4 is 33.5 Å². The molecular formula is C22H22N4O8S. The zero-order valence-corrected chi connectivity index (χ0v) is 20.0. The van der Waals surface area contributed by atoms with Crippen molar-refractivity contribution in [3.63, 3.8) is 0 Å². The fourth-order valence-corrected chi connectivity index (χ4v) is 4.11. The lowest BCUT2D eigenvalue weighted by molar-refractivity contribution is -0.139. The van der Waals surface area contributed by atoms with Crippen molar-refractivity contribution in [3.05, 3.63) is 66.3 Å². The molecule has 0 aliphatic carbocycles. The van der Waals surface area contributed by atoms with E-state index in [9.17, 15) is 18.0 Å². The molecule has 2 heterocycles. The molecule has 13 heteroatoms. The van der Waals surface area contributed by atoms with Gasteiger partial charge in [-0.2, -0.15) is 4.98 Å². The minimum absolute atomic E-state index is 0.0144. The summed E-state index contributed by atoms with van der Waals surface area (Å²) in [5.41, 5.74) is 0.246. The van der Waals surface area contributed by atoms with Crippen molar-refractivity contribution in [2.24, 2.45) is 0 Å². The van der Waals surface area contributed by atoms with Crippen LogP contribution in [0.2, 0.25) is 0 Å². The Morgan fingerprint density at radius 1 is 0.914 bits per heavy atom. The molecule has 1 aromatic carbocycles. The second-order valence-corrected chi connectivity index (χ2v) is 8.36. The van der Waals surface area contributed by atoms with E-state index in [1.165, 1.54) is 69.9 Å². The monoisotopic (exact) mass is 502 g/mol. The van der Waals surface area contributed by atoms with Crippen LogP contribution >= 0.6 is 0 Å². The summed E-state index contributed by atoms with van der Waals surface area (Å²) in [4.78, 5) is 33.9. The third-order valence-electron chi connectivity index (χ3n) is 4.71. The van der Waals surface area contributed by atoms with Gasteiger partial charge >= 0.3 is 11.9 Å². The Kier molecular flexibility index (Phi) is 7.71. The summed E-state index contributed by atoms with van der Waals surface area (Å²) in [5, 5.41) is 0. The van der Waals surface area contributed by atoms with Crippen LogP contribution in [0.15, 0.2) is 71.2 Å². The van der Waals surface area contributed by atoms with E-state index in [-0.39, 0.29) is 33.6 Å². The van der Waals surface area contributed by atoms with Gasteiger partial charge in [-0.1, -0.05) is 6.08 Å². The quantitative estimate of drug-likeness (QED) is 0.527. The summed E-state index contributed by atoms with van der Waals surface area (Å²) in [6.45, 7) is 0. The zero-order valence-electron chi connectivity index (χ0n) is 19.2. The number of anilines is 2. The maximum absolute atomic E-state index is 13.0. The molecule has 1 N–H and O–H groups in total. The number of hydrogen-bond acceptors (Lipinski definition) is 11. The maximum atomic E-state index is 13.0. The van der Waals surface area contributed by atoms with Crippen LogP contribution in [0.5, 0.6) is 11.6 Å². The van der Waals surface area contributed by atoms with Crippen molar-refractivity contribution < 1.29 is 37.0 Å². The summed E-state index contributed by atoms with van der Waals surface area (Å²) in [5.74, 6) is -1.57. The minimum atomic E-state index is -4.09. The SMILES string of the molecule is COC(=O)C1=C(C(=O)OC)N(c2ccc(S(=O)(=O)Nc3ncnc(OC)c3OC)cc2)C=CC=C1. The summed E-state index contributed by atoms with van der Waals surface area (Å²) in [7, 11) is 0.963. The number of ether oxygens (including phenoxy) is 4. The number of aromatic nitrogens is 2. The van der Waals surface area contributed by atoms with Crippen LogP contribution in [0.3, 0.4) is 0 Å². The standard InChI is InChI=1S/C22H22N4O8S/c1-31-18-19(23-13-24-20(18)32-2)25-35(29,30)15-10-8-14(9-11-15)26-12-6-5-7-16(21(27)33-3)17(26)22(28)34-4/h5-13H,1-4H3,(H,23,24,25). The van der Waals surface area contributed by atoms with Gasteiger partial charge in [-0.05, 0) is 36.4 Å². The number of benzene rings is 1. The van der Waals surface area contributed by atoms with Gasteiger partial charge in [0.2, 0.25) is 5.75 Å². The molecule has 0 radical (unpaired) electrons. The van der Waals surface area contributed by atoms with Crippen LogP contribution < -0.4 is 19.1 Å². The summed E-state index contributed by atoms with van der Waals surface area (Å²) < 4.78 is 48.1. The highest BCUT2D eigenvalue weighted by molar-refractivity contribution is 7.92. The molecule has 0 spiro atoms. The Morgan fingerprint density at radius 2 is 1.60 bits per heavy atom. The molecule has 0 saturated carbocycles. The molecule has 0 bridgehead atoms. The number of allylic oxidation sites excluding steroid dienone is 2. The summed E-state index contributed by atoms with van der Waals surface area (Å²) in [6, 6.07) is 5.56.